The van der Waals surface area contributed by atoms with E-state index in [1.165, 1.54) is 4.88 Å². The van der Waals surface area contributed by atoms with Crippen LogP contribution in [0, 0.1) is 0 Å². The van der Waals surface area contributed by atoms with Gasteiger partial charge in [0.15, 0.2) is 0 Å². The monoisotopic (exact) mass is 294 g/mol. The van der Waals surface area contributed by atoms with Crippen LogP contribution in [0.4, 0.5) is 0 Å². The molecule has 0 atom stereocenters. The van der Waals surface area contributed by atoms with Crippen LogP contribution in [-0.4, -0.2) is 19.0 Å². The highest BCUT2D eigenvalue weighted by molar-refractivity contribution is 7.09. The third-order valence-electron chi connectivity index (χ3n) is 2.57. The van der Waals surface area contributed by atoms with Crippen molar-refractivity contribution in [3.8, 4) is 0 Å². The van der Waals surface area contributed by atoms with E-state index in [1.807, 2.05) is 6.07 Å². The van der Waals surface area contributed by atoms with E-state index in [2.05, 4.69) is 22.1 Å². The zero-order valence-corrected chi connectivity index (χ0v) is 11.9. The van der Waals surface area contributed by atoms with Crippen LogP contribution < -0.4 is 10.6 Å². The first-order valence-corrected chi connectivity index (χ1v) is 7.28. The zero-order chi connectivity index (χ0) is 13.5. The topological polar surface area (TPSA) is 41.1 Å². The molecule has 100 valence electrons. The fraction of sp³-hybridized carbons (Fsp3) is 0.214. The van der Waals surface area contributed by atoms with Crippen molar-refractivity contribution in [1.29, 1.82) is 0 Å². The number of hydrogen-bond acceptors (Lipinski definition) is 3. The second-order valence-electron chi connectivity index (χ2n) is 4.02. The first kappa shape index (κ1) is 14.1. The highest BCUT2D eigenvalue weighted by atomic mass is 35.5. The zero-order valence-electron chi connectivity index (χ0n) is 10.4. The van der Waals surface area contributed by atoms with Gasteiger partial charge in [0, 0.05) is 35.1 Å². The molecule has 1 heterocycles. The fourth-order valence-electron chi connectivity index (χ4n) is 1.59. The van der Waals surface area contributed by atoms with E-state index < -0.39 is 0 Å². The predicted molar refractivity (Wildman–Crippen MR) is 79.8 cm³/mol. The van der Waals surface area contributed by atoms with Gasteiger partial charge in [0.1, 0.15) is 0 Å². The minimum atomic E-state index is -0.0745. The SMILES string of the molecule is O=C(NCCNCc1cccs1)c1ccc(Cl)cc1. The molecule has 19 heavy (non-hydrogen) atoms. The molecule has 3 nitrogen and oxygen atoms in total. The lowest BCUT2D eigenvalue weighted by molar-refractivity contribution is 0.0954. The molecule has 1 aromatic carbocycles. The summed E-state index contributed by atoms with van der Waals surface area (Å²) in [5, 5.41) is 8.82. The van der Waals surface area contributed by atoms with Crippen LogP contribution in [0.2, 0.25) is 5.02 Å². The molecule has 1 aromatic heterocycles. The molecular formula is C14H15ClN2OS. The molecule has 5 heteroatoms. The maximum atomic E-state index is 11.8. The van der Waals surface area contributed by atoms with Crippen molar-refractivity contribution in [2.24, 2.45) is 0 Å². The average Bonchev–Trinajstić information content (AvgIpc) is 2.92. The number of halogens is 1. The molecule has 0 unspecified atom stereocenters. The van der Waals surface area contributed by atoms with Crippen LogP contribution in [-0.2, 0) is 6.54 Å². The number of carbonyl (C=O) groups excluding carboxylic acids is 1. The Labute approximate surface area is 121 Å². The number of nitrogens with one attached hydrogen (secondary N) is 2. The van der Waals surface area contributed by atoms with Crippen molar-refractivity contribution in [3.63, 3.8) is 0 Å². The molecule has 0 fully saturated rings. The molecular weight excluding hydrogens is 280 g/mol. The largest absolute Gasteiger partial charge is 0.351 e. The minimum absolute atomic E-state index is 0.0745. The summed E-state index contributed by atoms with van der Waals surface area (Å²) >= 11 is 7.49. The number of carbonyl (C=O) groups is 1. The summed E-state index contributed by atoms with van der Waals surface area (Å²) in [5.41, 5.74) is 0.627. The van der Waals surface area contributed by atoms with Gasteiger partial charge in [0.05, 0.1) is 0 Å². The van der Waals surface area contributed by atoms with Gasteiger partial charge in [-0.1, -0.05) is 17.7 Å². The molecule has 2 N–H and O–H groups in total. The van der Waals surface area contributed by atoms with Crippen LogP contribution in [0.1, 0.15) is 15.2 Å². The van der Waals surface area contributed by atoms with E-state index in [-0.39, 0.29) is 5.91 Å². The van der Waals surface area contributed by atoms with Crippen LogP contribution in [0.25, 0.3) is 0 Å². The van der Waals surface area contributed by atoms with Crippen LogP contribution >= 0.6 is 22.9 Å². The van der Waals surface area contributed by atoms with Gasteiger partial charge in [-0.2, -0.15) is 0 Å². The highest BCUT2D eigenvalue weighted by Gasteiger charge is 2.03. The first-order valence-electron chi connectivity index (χ1n) is 6.02. The Hall–Kier alpha value is -1.36. The van der Waals surface area contributed by atoms with E-state index in [1.54, 1.807) is 35.6 Å². The first-order chi connectivity index (χ1) is 9.25. The Balaban J connectivity index is 1.65. The summed E-state index contributed by atoms with van der Waals surface area (Å²) in [6.45, 7) is 2.19. The van der Waals surface area contributed by atoms with E-state index in [0.29, 0.717) is 17.1 Å². The Kier molecular flexibility index (Phi) is 5.39. The number of amides is 1. The molecule has 0 saturated heterocycles. The maximum absolute atomic E-state index is 11.8. The van der Waals surface area contributed by atoms with Gasteiger partial charge >= 0.3 is 0 Å². The smallest absolute Gasteiger partial charge is 0.251 e. The Morgan fingerprint density at radius 2 is 1.95 bits per heavy atom. The van der Waals surface area contributed by atoms with Gasteiger partial charge in [-0.25, -0.2) is 0 Å². The molecule has 1 amide bonds. The van der Waals surface area contributed by atoms with E-state index in [9.17, 15) is 4.79 Å². The van der Waals surface area contributed by atoms with Gasteiger partial charge in [-0.3, -0.25) is 4.79 Å². The summed E-state index contributed by atoms with van der Waals surface area (Å²) in [5.74, 6) is -0.0745. The Bertz CT molecular complexity index is 511. The Morgan fingerprint density at radius 1 is 1.16 bits per heavy atom. The van der Waals surface area contributed by atoms with Gasteiger partial charge in [-0.15, -0.1) is 11.3 Å². The lowest BCUT2D eigenvalue weighted by Gasteiger charge is -2.06. The lowest BCUT2D eigenvalue weighted by Crippen LogP contribution is -2.31. The lowest BCUT2D eigenvalue weighted by atomic mass is 10.2. The van der Waals surface area contributed by atoms with Crippen molar-refractivity contribution in [3.05, 3.63) is 57.2 Å². The summed E-state index contributed by atoms with van der Waals surface area (Å²) in [7, 11) is 0. The highest BCUT2D eigenvalue weighted by Crippen LogP contribution is 2.09. The van der Waals surface area contributed by atoms with Crippen LogP contribution in [0.15, 0.2) is 41.8 Å². The van der Waals surface area contributed by atoms with E-state index in [0.717, 1.165) is 13.1 Å². The van der Waals surface area contributed by atoms with Crippen molar-refractivity contribution in [2.45, 2.75) is 6.54 Å². The minimum Gasteiger partial charge on any atom is -0.351 e. The average molecular weight is 295 g/mol. The summed E-state index contributed by atoms with van der Waals surface area (Å²) in [4.78, 5) is 13.1. The molecule has 0 aliphatic carbocycles. The number of hydrogen-bond donors (Lipinski definition) is 2. The van der Waals surface area contributed by atoms with E-state index >= 15 is 0 Å². The van der Waals surface area contributed by atoms with Gasteiger partial charge in [-0.05, 0) is 35.7 Å². The summed E-state index contributed by atoms with van der Waals surface area (Å²) < 4.78 is 0. The number of benzene rings is 1. The summed E-state index contributed by atoms with van der Waals surface area (Å²) in [6, 6.07) is 11.0. The molecule has 0 bridgehead atoms. The van der Waals surface area contributed by atoms with Gasteiger partial charge < -0.3 is 10.6 Å². The maximum Gasteiger partial charge on any atom is 0.251 e. The van der Waals surface area contributed by atoms with Crippen molar-refractivity contribution < 1.29 is 4.79 Å². The summed E-state index contributed by atoms with van der Waals surface area (Å²) in [6.07, 6.45) is 0. The third-order valence-corrected chi connectivity index (χ3v) is 3.70. The number of thiophene rings is 1. The van der Waals surface area contributed by atoms with E-state index in [4.69, 9.17) is 11.6 Å². The molecule has 0 saturated carbocycles. The quantitative estimate of drug-likeness (QED) is 0.804. The third kappa shape index (κ3) is 4.67. The molecule has 0 aliphatic heterocycles. The molecule has 0 radical (unpaired) electrons. The fourth-order valence-corrected chi connectivity index (χ4v) is 2.39. The van der Waals surface area contributed by atoms with Gasteiger partial charge in [0.2, 0.25) is 0 Å². The van der Waals surface area contributed by atoms with Crippen LogP contribution in [0.3, 0.4) is 0 Å². The standard InChI is InChI=1S/C14H15ClN2OS/c15-12-5-3-11(4-6-12)14(18)17-8-7-16-10-13-2-1-9-19-13/h1-6,9,16H,7-8,10H2,(H,17,18). The van der Waals surface area contributed by atoms with Crippen LogP contribution in [0.5, 0.6) is 0 Å². The van der Waals surface area contributed by atoms with Crippen molar-refractivity contribution in [1.82, 2.24) is 10.6 Å². The Morgan fingerprint density at radius 3 is 2.63 bits per heavy atom. The molecule has 2 aromatic rings. The molecule has 2 rings (SSSR count). The molecule has 0 aliphatic rings. The van der Waals surface area contributed by atoms with Gasteiger partial charge in [0.25, 0.3) is 5.91 Å². The van der Waals surface area contributed by atoms with Crippen molar-refractivity contribution >= 4 is 28.8 Å². The predicted octanol–water partition coefficient (Wildman–Crippen LogP) is 2.92. The second-order valence-corrected chi connectivity index (χ2v) is 5.49. The number of rotatable bonds is 6. The normalized spacial score (nSPS) is 10.4. The van der Waals surface area contributed by atoms with Crippen molar-refractivity contribution in [2.75, 3.05) is 13.1 Å². The second kappa shape index (κ2) is 7.28. The molecule has 0 spiro atoms.